The summed E-state index contributed by atoms with van der Waals surface area (Å²) in [5.41, 5.74) is 6.09. The van der Waals surface area contributed by atoms with E-state index in [1.54, 1.807) is 0 Å². The molecule has 0 saturated carbocycles. The zero-order chi connectivity index (χ0) is 15.3. The molecule has 2 atom stereocenters. The van der Waals surface area contributed by atoms with Crippen LogP contribution in [0.2, 0.25) is 0 Å². The van der Waals surface area contributed by atoms with Crippen molar-refractivity contribution in [2.45, 2.75) is 25.8 Å². The lowest BCUT2D eigenvalue weighted by Crippen LogP contribution is -2.32. The fraction of sp³-hybridized carbons (Fsp3) is 0.600. The second-order valence-electron chi connectivity index (χ2n) is 5.34. The Balaban J connectivity index is 1.82. The number of rotatable bonds is 7. The van der Waals surface area contributed by atoms with Crippen molar-refractivity contribution in [1.82, 2.24) is 0 Å². The zero-order valence-corrected chi connectivity index (χ0v) is 13.1. The minimum Gasteiger partial charge on any atom is -0.490 e. The highest BCUT2D eigenvalue weighted by Gasteiger charge is 2.31. The van der Waals surface area contributed by atoms with Gasteiger partial charge in [0, 0.05) is 6.04 Å². The average Bonchev–Trinajstić information content (AvgIpc) is 2.81. The van der Waals surface area contributed by atoms with Gasteiger partial charge in [-0.05, 0) is 37.8 Å². The molecule has 1 aromatic rings. The fourth-order valence-electron chi connectivity index (χ4n) is 2.55. The maximum atomic E-state index is 11.5. The summed E-state index contributed by atoms with van der Waals surface area (Å²) in [5.74, 6) is 1.95. The summed E-state index contributed by atoms with van der Waals surface area (Å²) in [6.45, 7) is 2.97. The molecule has 6 heteroatoms. The van der Waals surface area contributed by atoms with Gasteiger partial charge in [0.05, 0.1) is 24.7 Å². The lowest BCUT2D eigenvalue weighted by molar-refractivity contribution is 0.256. The highest BCUT2D eigenvalue weighted by molar-refractivity contribution is 7.91. The first-order valence-electron chi connectivity index (χ1n) is 7.32. The molecule has 2 N–H and O–H groups in total. The van der Waals surface area contributed by atoms with Crippen LogP contribution in [0.1, 0.15) is 19.8 Å². The number of hydrogen-bond acceptors (Lipinski definition) is 5. The molecule has 2 unspecified atom stereocenters. The first-order chi connectivity index (χ1) is 10.0. The van der Waals surface area contributed by atoms with Crippen molar-refractivity contribution in [2.24, 2.45) is 11.7 Å². The lowest BCUT2D eigenvalue weighted by atomic mass is 9.98. The van der Waals surface area contributed by atoms with Crippen molar-refractivity contribution >= 4 is 9.84 Å². The smallest absolute Gasteiger partial charge is 0.161 e. The molecule has 0 aliphatic carbocycles. The third kappa shape index (κ3) is 4.61. The van der Waals surface area contributed by atoms with Crippen LogP contribution < -0.4 is 15.2 Å². The number of hydrogen-bond donors (Lipinski definition) is 1. The second kappa shape index (κ2) is 7.13. The quantitative estimate of drug-likeness (QED) is 0.827. The molecule has 1 aromatic carbocycles. The molecule has 1 fully saturated rings. The molecular formula is C15H23NO4S. The van der Waals surface area contributed by atoms with Gasteiger partial charge in [0.25, 0.3) is 0 Å². The van der Waals surface area contributed by atoms with Crippen molar-refractivity contribution in [3.05, 3.63) is 24.3 Å². The molecule has 118 valence electrons. The third-order valence-electron chi connectivity index (χ3n) is 3.73. The number of benzene rings is 1. The SMILES string of the molecule is CCOc1ccccc1OCCC(N)C1CCS(=O)(=O)C1. The van der Waals surface area contributed by atoms with E-state index in [0.29, 0.717) is 31.8 Å². The van der Waals surface area contributed by atoms with Crippen molar-refractivity contribution < 1.29 is 17.9 Å². The Morgan fingerprint density at radius 3 is 2.52 bits per heavy atom. The van der Waals surface area contributed by atoms with E-state index in [1.807, 2.05) is 31.2 Å². The highest BCUT2D eigenvalue weighted by atomic mass is 32.2. The summed E-state index contributed by atoms with van der Waals surface area (Å²) in [4.78, 5) is 0. The van der Waals surface area contributed by atoms with Crippen LogP contribution in [0.4, 0.5) is 0 Å². The molecular weight excluding hydrogens is 290 g/mol. The largest absolute Gasteiger partial charge is 0.490 e. The molecule has 0 spiro atoms. The minimum atomic E-state index is -2.87. The molecule has 1 aliphatic rings. The zero-order valence-electron chi connectivity index (χ0n) is 12.3. The van der Waals surface area contributed by atoms with Gasteiger partial charge in [-0.15, -0.1) is 0 Å². The van der Waals surface area contributed by atoms with Crippen LogP contribution in [-0.4, -0.2) is 39.2 Å². The normalized spacial score (nSPS) is 21.9. The molecule has 21 heavy (non-hydrogen) atoms. The predicted octanol–water partition coefficient (Wildman–Crippen LogP) is 1.62. The molecule has 2 rings (SSSR count). The number of nitrogens with two attached hydrogens (primary N) is 1. The van der Waals surface area contributed by atoms with Gasteiger partial charge in [0.2, 0.25) is 0 Å². The predicted molar refractivity (Wildman–Crippen MR) is 82.5 cm³/mol. The van der Waals surface area contributed by atoms with Crippen molar-refractivity contribution in [3.8, 4) is 11.5 Å². The van der Waals surface area contributed by atoms with Crippen LogP contribution in [0.25, 0.3) is 0 Å². The Kier molecular flexibility index (Phi) is 5.47. The van der Waals surface area contributed by atoms with Gasteiger partial charge in [-0.2, -0.15) is 0 Å². The summed E-state index contributed by atoms with van der Waals surface area (Å²) in [6.07, 6.45) is 1.31. The maximum Gasteiger partial charge on any atom is 0.161 e. The fourth-order valence-corrected chi connectivity index (χ4v) is 4.44. The summed E-state index contributed by atoms with van der Waals surface area (Å²) in [6, 6.07) is 7.37. The van der Waals surface area contributed by atoms with Gasteiger partial charge < -0.3 is 15.2 Å². The van der Waals surface area contributed by atoms with Crippen molar-refractivity contribution in [1.29, 1.82) is 0 Å². The van der Waals surface area contributed by atoms with Gasteiger partial charge in [-0.3, -0.25) is 0 Å². The number of sulfone groups is 1. The van der Waals surface area contributed by atoms with E-state index < -0.39 is 9.84 Å². The summed E-state index contributed by atoms with van der Waals surface area (Å²) in [7, 11) is -2.87. The van der Waals surface area contributed by atoms with Crippen molar-refractivity contribution in [2.75, 3.05) is 24.7 Å². The Labute approximate surface area is 126 Å². The van der Waals surface area contributed by atoms with Crippen LogP contribution in [0, 0.1) is 5.92 Å². The molecule has 5 nitrogen and oxygen atoms in total. The van der Waals surface area contributed by atoms with Gasteiger partial charge in [-0.25, -0.2) is 8.42 Å². The number of ether oxygens (including phenoxy) is 2. The van der Waals surface area contributed by atoms with E-state index in [4.69, 9.17) is 15.2 Å². The van der Waals surface area contributed by atoms with Crippen molar-refractivity contribution in [3.63, 3.8) is 0 Å². The van der Waals surface area contributed by atoms with E-state index in [2.05, 4.69) is 0 Å². The maximum absolute atomic E-state index is 11.5. The third-order valence-corrected chi connectivity index (χ3v) is 5.52. The molecule has 0 aromatic heterocycles. The van der Waals surface area contributed by atoms with E-state index >= 15 is 0 Å². The first-order valence-corrected chi connectivity index (χ1v) is 9.14. The molecule has 1 aliphatic heterocycles. The van der Waals surface area contributed by atoms with E-state index in [9.17, 15) is 8.42 Å². The van der Waals surface area contributed by atoms with Gasteiger partial charge >= 0.3 is 0 Å². The Hall–Kier alpha value is -1.27. The highest BCUT2D eigenvalue weighted by Crippen LogP contribution is 2.27. The minimum absolute atomic E-state index is 0.0562. The van der Waals surface area contributed by atoms with Crippen LogP contribution in [-0.2, 0) is 9.84 Å². The van der Waals surface area contributed by atoms with Crippen LogP contribution in [0.5, 0.6) is 11.5 Å². The van der Waals surface area contributed by atoms with E-state index in [1.165, 1.54) is 0 Å². The molecule has 0 bridgehead atoms. The number of para-hydroxylation sites is 2. The van der Waals surface area contributed by atoms with E-state index in [-0.39, 0.29) is 23.5 Å². The standard InChI is InChI=1S/C15H23NO4S/c1-2-19-14-5-3-4-6-15(14)20-9-7-13(16)12-8-10-21(17,18)11-12/h3-6,12-13H,2,7-11,16H2,1H3. The first kappa shape index (κ1) is 16.1. The van der Waals surface area contributed by atoms with Crippen LogP contribution in [0.15, 0.2) is 24.3 Å². The molecule has 1 heterocycles. The average molecular weight is 313 g/mol. The van der Waals surface area contributed by atoms with Gasteiger partial charge in [0.15, 0.2) is 21.3 Å². The molecule has 1 saturated heterocycles. The Bertz CT molecular complexity index is 559. The monoisotopic (exact) mass is 313 g/mol. The molecule has 0 amide bonds. The van der Waals surface area contributed by atoms with Gasteiger partial charge in [0.1, 0.15) is 0 Å². The van der Waals surface area contributed by atoms with Crippen LogP contribution >= 0.6 is 0 Å². The van der Waals surface area contributed by atoms with Gasteiger partial charge in [-0.1, -0.05) is 12.1 Å². The topological polar surface area (TPSA) is 78.6 Å². The van der Waals surface area contributed by atoms with E-state index in [0.717, 1.165) is 5.75 Å². The lowest BCUT2D eigenvalue weighted by Gasteiger charge is -2.18. The Morgan fingerprint density at radius 2 is 1.95 bits per heavy atom. The summed E-state index contributed by atoms with van der Waals surface area (Å²) >= 11 is 0. The molecule has 0 radical (unpaired) electrons. The Morgan fingerprint density at radius 1 is 1.29 bits per heavy atom. The second-order valence-corrected chi connectivity index (χ2v) is 7.57. The summed E-state index contributed by atoms with van der Waals surface area (Å²) < 4.78 is 34.1. The van der Waals surface area contributed by atoms with Crippen LogP contribution in [0.3, 0.4) is 0 Å². The summed E-state index contributed by atoms with van der Waals surface area (Å²) in [5, 5.41) is 0.